The van der Waals surface area contributed by atoms with Gasteiger partial charge in [-0.15, -0.1) is 0 Å². The molecule has 2 atom stereocenters. The molecule has 0 aromatic rings. The van der Waals surface area contributed by atoms with E-state index in [0.717, 1.165) is 38.5 Å². The van der Waals surface area contributed by atoms with Crippen molar-refractivity contribution in [2.45, 2.75) is 83.7 Å². The zero-order chi connectivity index (χ0) is 19.0. The first-order valence-corrected chi connectivity index (χ1v) is 10.2. The second-order valence-corrected chi connectivity index (χ2v) is 7.85. The molecule has 5 nitrogen and oxygen atoms in total. The van der Waals surface area contributed by atoms with E-state index in [0.29, 0.717) is 17.9 Å². The Morgan fingerprint density at radius 2 is 2.08 bits per heavy atom. The average molecular weight is 366 g/mol. The Morgan fingerprint density at radius 1 is 1.35 bits per heavy atom. The van der Waals surface area contributed by atoms with Gasteiger partial charge in [-0.25, -0.2) is 4.79 Å². The number of rotatable bonds is 9. The minimum atomic E-state index is -1.11. The number of aliphatic hydroxyl groups excluding tert-OH is 1. The molecule has 0 bridgehead atoms. The summed E-state index contributed by atoms with van der Waals surface area (Å²) in [7, 11) is 0. The summed E-state index contributed by atoms with van der Waals surface area (Å²) in [6.45, 7) is 3.67. The van der Waals surface area contributed by atoms with Gasteiger partial charge in [0.2, 0.25) is 0 Å². The van der Waals surface area contributed by atoms with Crippen molar-refractivity contribution < 1.29 is 24.2 Å². The van der Waals surface area contributed by atoms with Crippen molar-refractivity contribution in [3.05, 3.63) is 11.6 Å². The number of esters is 2. The van der Waals surface area contributed by atoms with Gasteiger partial charge in [0.1, 0.15) is 6.61 Å². The molecular formula is C21H34O5. The SMILES string of the molecule is CCCCC(CC)C(=O)OCC1(CO)C/C(=C\C2CCCCC2)C(=O)O1. The van der Waals surface area contributed by atoms with Crippen LogP contribution in [-0.2, 0) is 19.1 Å². The number of carbonyl (C=O) groups is 2. The predicted octanol–water partition coefficient (Wildman–Crippen LogP) is 3.93. The van der Waals surface area contributed by atoms with Crippen LogP contribution in [0.3, 0.4) is 0 Å². The predicted molar refractivity (Wildman–Crippen MR) is 99.4 cm³/mol. The Balaban J connectivity index is 1.94. The van der Waals surface area contributed by atoms with Gasteiger partial charge in [-0.1, -0.05) is 52.0 Å². The summed E-state index contributed by atoms with van der Waals surface area (Å²) in [5, 5.41) is 9.81. The number of ether oxygens (including phenoxy) is 2. The zero-order valence-electron chi connectivity index (χ0n) is 16.3. The van der Waals surface area contributed by atoms with Crippen molar-refractivity contribution in [1.29, 1.82) is 0 Å². The van der Waals surface area contributed by atoms with Crippen LogP contribution >= 0.6 is 0 Å². The largest absolute Gasteiger partial charge is 0.461 e. The number of unbranched alkanes of at least 4 members (excludes halogenated alkanes) is 1. The Hall–Kier alpha value is -1.36. The van der Waals surface area contributed by atoms with Crippen LogP contribution in [0, 0.1) is 11.8 Å². The Bertz CT molecular complexity index is 507. The fourth-order valence-corrected chi connectivity index (χ4v) is 3.90. The highest BCUT2D eigenvalue weighted by atomic mass is 16.6. The van der Waals surface area contributed by atoms with Crippen molar-refractivity contribution in [3.63, 3.8) is 0 Å². The molecule has 5 heteroatoms. The lowest BCUT2D eigenvalue weighted by Gasteiger charge is -2.25. The van der Waals surface area contributed by atoms with E-state index in [1.165, 1.54) is 19.3 Å². The molecule has 2 fully saturated rings. The van der Waals surface area contributed by atoms with Crippen molar-refractivity contribution in [3.8, 4) is 0 Å². The lowest BCUT2D eigenvalue weighted by atomic mass is 9.86. The van der Waals surface area contributed by atoms with Crippen LogP contribution in [0.4, 0.5) is 0 Å². The summed E-state index contributed by atoms with van der Waals surface area (Å²) >= 11 is 0. The molecular weight excluding hydrogens is 332 g/mol. The van der Waals surface area contributed by atoms with Crippen LogP contribution in [0.25, 0.3) is 0 Å². The first-order chi connectivity index (χ1) is 12.5. The summed E-state index contributed by atoms with van der Waals surface area (Å²) in [6, 6.07) is 0. The zero-order valence-corrected chi connectivity index (χ0v) is 16.3. The fraction of sp³-hybridized carbons (Fsp3) is 0.810. The summed E-state index contributed by atoms with van der Waals surface area (Å²) in [4.78, 5) is 24.6. The standard InChI is InChI=1S/C21H34O5/c1-3-5-11-17(4-2)19(23)25-15-21(14-22)13-18(20(24)26-21)12-16-9-7-6-8-10-16/h12,16-17,22H,3-11,13-15H2,1-2H3/b18-12+. The molecule has 1 saturated heterocycles. The Labute approximate surface area is 157 Å². The molecule has 0 radical (unpaired) electrons. The third-order valence-corrected chi connectivity index (χ3v) is 5.67. The molecule has 0 aromatic carbocycles. The molecule has 2 aliphatic rings. The monoisotopic (exact) mass is 366 g/mol. The van der Waals surface area contributed by atoms with Gasteiger partial charge in [0.05, 0.1) is 12.5 Å². The molecule has 2 rings (SSSR count). The summed E-state index contributed by atoms with van der Waals surface area (Å²) in [5.74, 6) is -0.338. The van der Waals surface area contributed by atoms with Crippen LogP contribution in [-0.4, -0.2) is 35.9 Å². The first kappa shape index (κ1) is 20.9. The van der Waals surface area contributed by atoms with Gasteiger partial charge in [-0.05, 0) is 31.6 Å². The highest BCUT2D eigenvalue weighted by Crippen LogP contribution is 2.34. The van der Waals surface area contributed by atoms with Crippen LogP contribution < -0.4 is 0 Å². The quantitative estimate of drug-likeness (QED) is 0.494. The van der Waals surface area contributed by atoms with Gasteiger partial charge in [0.15, 0.2) is 5.60 Å². The molecule has 148 valence electrons. The lowest BCUT2D eigenvalue weighted by Crippen LogP contribution is -2.40. The minimum Gasteiger partial charge on any atom is -0.461 e. The molecule has 0 aromatic heterocycles. The summed E-state index contributed by atoms with van der Waals surface area (Å²) < 4.78 is 10.9. The number of carbonyl (C=O) groups excluding carboxylic acids is 2. The number of hydrogen-bond donors (Lipinski definition) is 1. The third kappa shape index (κ3) is 5.57. The second-order valence-electron chi connectivity index (χ2n) is 7.85. The van der Waals surface area contributed by atoms with E-state index >= 15 is 0 Å². The third-order valence-electron chi connectivity index (χ3n) is 5.67. The van der Waals surface area contributed by atoms with Gasteiger partial charge in [-0.3, -0.25) is 4.79 Å². The Morgan fingerprint density at radius 3 is 2.69 bits per heavy atom. The fourth-order valence-electron chi connectivity index (χ4n) is 3.90. The van der Waals surface area contributed by atoms with Crippen molar-refractivity contribution >= 4 is 11.9 Å². The molecule has 1 heterocycles. The van der Waals surface area contributed by atoms with E-state index in [1.54, 1.807) is 0 Å². The Kier molecular flexibility index (Phi) is 8.14. The minimum absolute atomic E-state index is 0.0707. The molecule has 26 heavy (non-hydrogen) atoms. The lowest BCUT2D eigenvalue weighted by molar-refractivity contribution is -0.169. The maximum atomic E-state index is 12.3. The normalized spacial score (nSPS) is 26.7. The van der Waals surface area contributed by atoms with Crippen molar-refractivity contribution in [2.24, 2.45) is 11.8 Å². The molecule has 2 unspecified atom stereocenters. The van der Waals surface area contributed by atoms with E-state index in [1.807, 2.05) is 13.0 Å². The molecule has 1 N–H and O–H groups in total. The van der Waals surface area contributed by atoms with Crippen LogP contribution in [0.1, 0.15) is 78.1 Å². The van der Waals surface area contributed by atoms with Gasteiger partial charge < -0.3 is 14.6 Å². The average Bonchev–Trinajstić information content (AvgIpc) is 2.97. The second kappa shape index (κ2) is 10.1. The van der Waals surface area contributed by atoms with Gasteiger partial charge in [0, 0.05) is 12.0 Å². The molecule has 1 aliphatic carbocycles. The molecule has 0 spiro atoms. The van der Waals surface area contributed by atoms with Crippen LogP contribution in [0.5, 0.6) is 0 Å². The smallest absolute Gasteiger partial charge is 0.334 e. The number of hydrogen-bond acceptors (Lipinski definition) is 5. The molecule has 1 saturated carbocycles. The topological polar surface area (TPSA) is 72.8 Å². The van der Waals surface area contributed by atoms with E-state index in [4.69, 9.17) is 9.47 Å². The highest BCUT2D eigenvalue weighted by Gasteiger charge is 2.45. The van der Waals surface area contributed by atoms with E-state index in [9.17, 15) is 14.7 Å². The van der Waals surface area contributed by atoms with Crippen LogP contribution in [0.2, 0.25) is 0 Å². The number of aliphatic hydroxyl groups is 1. The maximum Gasteiger partial charge on any atom is 0.334 e. The van der Waals surface area contributed by atoms with Gasteiger partial charge in [-0.2, -0.15) is 0 Å². The van der Waals surface area contributed by atoms with Gasteiger partial charge in [0.25, 0.3) is 0 Å². The number of cyclic esters (lactones) is 1. The summed E-state index contributed by atoms with van der Waals surface area (Å²) in [6.07, 6.45) is 11.8. The van der Waals surface area contributed by atoms with Crippen molar-refractivity contribution in [1.82, 2.24) is 0 Å². The highest BCUT2D eigenvalue weighted by molar-refractivity contribution is 5.91. The summed E-state index contributed by atoms with van der Waals surface area (Å²) in [5.41, 5.74) is -0.490. The number of allylic oxidation sites excluding steroid dienone is 1. The van der Waals surface area contributed by atoms with E-state index < -0.39 is 5.60 Å². The van der Waals surface area contributed by atoms with Crippen molar-refractivity contribution in [2.75, 3.05) is 13.2 Å². The maximum absolute atomic E-state index is 12.3. The van der Waals surface area contributed by atoms with E-state index in [2.05, 4.69) is 6.92 Å². The van der Waals surface area contributed by atoms with E-state index in [-0.39, 0.29) is 31.1 Å². The molecule has 0 amide bonds. The first-order valence-electron chi connectivity index (χ1n) is 10.2. The van der Waals surface area contributed by atoms with Crippen LogP contribution in [0.15, 0.2) is 11.6 Å². The van der Waals surface area contributed by atoms with Gasteiger partial charge >= 0.3 is 11.9 Å². The molecule has 1 aliphatic heterocycles.